The predicted molar refractivity (Wildman–Crippen MR) is 45.1 cm³/mol. The van der Waals surface area contributed by atoms with Crippen LogP contribution in [0.5, 0.6) is 0 Å². The minimum Gasteiger partial charge on any atom is -0.462 e. The Labute approximate surface area is 84.8 Å². The third-order valence-corrected chi connectivity index (χ3v) is 2.32. The lowest BCUT2D eigenvalue weighted by atomic mass is 9.90. The molecule has 0 amide bonds. The average molecular weight is 224 g/mol. The van der Waals surface area contributed by atoms with Gasteiger partial charge in [0.1, 0.15) is 0 Å². The van der Waals surface area contributed by atoms with Crippen molar-refractivity contribution in [3.05, 3.63) is 12.7 Å². The first-order chi connectivity index (χ1) is 6.91. The normalized spacial score (nSPS) is 25.5. The van der Waals surface area contributed by atoms with E-state index in [4.69, 9.17) is 0 Å². The van der Waals surface area contributed by atoms with Crippen LogP contribution in [-0.2, 0) is 14.3 Å². The van der Waals surface area contributed by atoms with Crippen LogP contribution in [0.2, 0.25) is 0 Å². The lowest BCUT2D eigenvalue weighted by molar-refractivity contribution is -0.329. The summed E-state index contributed by atoms with van der Waals surface area (Å²) in [5, 5.41) is 0. The number of carbonyl (C=O) groups is 1. The van der Waals surface area contributed by atoms with Gasteiger partial charge in [0.25, 0.3) is 0 Å². The average Bonchev–Trinajstić information content (AvgIpc) is 2.06. The molecule has 1 unspecified atom stereocenters. The molecule has 1 heterocycles. The minimum atomic E-state index is -4.41. The second kappa shape index (κ2) is 4.22. The third-order valence-electron chi connectivity index (χ3n) is 2.32. The Kier molecular flexibility index (Phi) is 3.38. The quantitative estimate of drug-likeness (QED) is 0.539. The van der Waals surface area contributed by atoms with Crippen LogP contribution in [0.25, 0.3) is 0 Å². The molecule has 0 aromatic heterocycles. The van der Waals surface area contributed by atoms with E-state index in [-0.39, 0.29) is 26.1 Å². The van der Waals surface area contributed by atoms with Crippen molar-refractivity contribution in [2.75, 3.05) is 13.2 Å². The smallest absolute Gasteiger partial charge is 0.417 e. The Morgan fingerprint density at radius 1 is 1.60 bits per heavy atom. The van der Waals surface area contributed by atoms with Gasteiger partial charge in [0.2, 0.25) is 0 Å². The maximum atomic E-state index is 12.5. The summed E-state index contributed by atoms with van der Waals surface area (Å²) >= 11 is 0. The predicted octanol–water partition coefficient (Wildman–Crippen LogP) is 1.83. The zero-order chi connectivity index (χ0) is 11.5. The largest absolute Gasteiger partial charge is 0.462 e. The van der Waals surface area contributed by atoms with Crippen LogP contribution >= 0.6 is 0 Å². The Morgan fingerprint density at radius 3 is 2.53 bits per heavy atom. The van der Waals surface area contributed by atoms with E-state index in [2.05, 4.69) is 16.1 Å². The SMILES string of the molecule is C=CC(=O)OCCC1(C(F)(F)F)CCO1. The topological polar surface area (TPSA) is 35.5 Å². The van der Waals surface area contributed by atoms with Gasteiger partial charge in [-0.25, -0.2) is 4.79 Å². The number of hydrogen-bond acceptors (Lipinski definition) is 3. The summed E-state index contributed by atoms with van der Waals surface area (Å²) in [6.07, 6.45) is -3.95. The van der Waals surface area contributed by atoms with E-state index >= 15 is 0 Å². The molecule has 1 saturated heterocycles. The van der Waals surface area contributed by atoms with Crippen molar-refractivity contribution in [1.29, 1.82) is 0 Å². The van der Waals surface area contributed by atoms with Gasteiger partial charge >= 0.3 is 12.1 Å². The van der Waals surface area contributed by atoms with Gasteiger partial charge in [-0.2, -0.15) is 13.2 Å². The van der Waals surface area contributed by atoms with Gasteiger partial charge in [-0.15, -0.1) is 0 Å². The fourth-order valence-corrected chi connectivity index (χ4v) is 1.29. The molecule has 15 heavy (non-hydrogen) atoms. The number of halogens is 3. The molecule has 0 aromatic carbocycles. The molecule has 0 aromatic rings. The van der Waals surface area contributed by atoms with Crippen molar-refractivity contribution in [2.24, 2.45) is 0 Å². The van der Waals surface area contributed by atoms with Crippen LogP contribution < -0.4 is 0 Å². The molecule has 1 rings (SSSR count). The van der Waals surface area contributed by atoms with Crippen molar-refractivity contribution < 1.29 is 27.4 Å². The first-order valence-corrected chi connectivity index (χ1v) is 4.41. The molecule has 6 heteroatoms. The lowest BCUT2D eigenvalue weighted by Gasteiger charge is -2.42. The maximum Gasteiger partial charge on any atom is 0.417 e. The van der Waals surface area contributed by atoms with Crippen molar-refractivity contribution in [3.8, 4) is 0 Å². The number of esters is 1. The second-order valence-corrected chi connectivity index (χ2v) is 3.21. The minimum absolute atomic E-state index is 0.0812. The zero-order valence-electron chi connectivity index (χ0n) is 7.97. The standard InChI is InChI=1S/C9H11F3O3/c1-2-7(13)14-5-3-8(4-6-15-8)9(10,11)12/h2H,1,3-6H2. The zero-order valence-corrected chi connectivity index (χ0v) is 7.97. The molecule has 1 aliphatic rings. The van der Waals surface area contributed by atoms with Gasteiger partial charge in [-0.1, -0.05) is 6.58 Å². The van der Waals surface area contributed by atoms with Gasteiger partial charge in [0.15, 0.2) is 5.60 Å². The number of carbonyl (C=O) groups excluding carboxylic acids is 1. The highest BCUT2D eigenvalue weighted by Gasteiger charge is 2.59. The number of ether oxygens (including phenoxy) is 2. The molecule has 86 valence electrons. The molecule has 1 aliphatic heterocycles. The maximum absolute atomic E-state index is 12.5. The molecule has 0 bridgehead atoms. The summed E-state index contributed by atoms with van der Waals surface area (Å²) in [7, 11) is 0. The lowest BCUT2D eigenvalue weighted by Crippen LogP contribution is -2.56. The van der Waals surface area contributed by atoms with Gasteiger partial charge in [0.05, 0.1) is 13.2 Å². The molecule has 0 aliphatic carbocycles. The molecule has 3 nitrogen and oxygen atoms in total. The molecule has 0 saturated carbocycles. The molecule has 1 fully saturated rings. The Hall–Kier alpha value is -1.04. The van der Waals surface area contributed by atoms with Crippen molar-refractivity contribution in [3.63, 3.8) is 0 Å². The van der Waals surface area contributed by atoms with Crippen LogP contribution in [0.1, 0.15) is 12.8 Å². The van der Waals surface area contributed by atoms with E-state index in [1.165, 1.54) is 0 Å². The molecule has 0 spiro atoms. The third kappa shape index (κ3) is 2.50. The van der Waals surface area contributed by atoms with Crippen LogP contribution in [0.4, 0.5) is 13.2 Å². The van der Waals surface area contributed by atoms with Crippen molar-refractivity contribution >= 4 is 5.97 Å². The van der Waals surface area contributed by atoms with Gasteiger partial charge < -0.3 is 9.47 Å². The van der Waals surface area contributed by atoms with Crippen LogP contribution in [-0.4, -0.2) is 31.0 Å². The van der Waals surface area contributed by atoms with E-state index in [0.717, 1.165) is 6.08 Å². The fraction of sp³-hybridized carbons (Fsp3) is 0.667. The van der Waals surface area contributed by atoms with Gasteiger partial charge in [-0.05, 0) is 0 Å². The van der Waals surface area contributed by atoms with E-state index in [9.17, 15) is 18.0 Å². The van der Waals surface area contributed by atoms with Crippen molar-refractivity contribution in [2.45, 2.75) is 24.6 Å². The summed E-state index contributed by atoms with van der Waals surface area (Å²) in [4.78, 5) is 10.6. The van der Waals surface area contributed by atoms with E-state index in [1.807, 2.05) is 0 Å². The summed E-state index contributed by atoms with van der Waals surface area (Å²) in [5.41, 5.74) is -2.12. The second-order valence-electron chi connectivity index (χ2n) is 3.21. The van der Waals surface area contributed by atoms with Crippen LogP contribution in [0.3, 0.4) is 0 Å². The molecule has 0 radical (unpaired) electrons. The monoisotopic (exact) mass is 224 g/mol. The number of hydrogen-bond donors (Lipinski definition) is 0. The van der Waals surface area contributed by atoms with E-state index in [1.54, 1.807) is 0 Å². The fourth-order valence-electron chi connectivity index (χ4n) is 1.29. The highest BCUT2D eigenvalue weighted by molar-refractivity contribution is 5.81. The summed E-state index contributed by atoms with van der Waals surface area (Å²) < 4.78 is 46.5. The first-order valence-electron chi connectivity index (χ1n) is 4.41. The highest BCUT2D eigenvalue weighted by Crippen LogP contribution is 2.44. The highest BCUT2D eigenvalue weighted by atomic mass is 19.4. The summed E-state index contributed by atoms with van der Waals surface area (Å²) in [6.45, 7) is 2.91. The molecular weight excluding hydrogens is 213 g/mol. The summed E-state index contributed by atoms with van der Waals surface area (Å²) in [5.74, 6) is -0.730. The van der Waals surface area contributed by atoms with E-state index < -0.39 is 17.7 Å². The van der Waals surface area contributed by atoms with Crippen molar-refractivity contribution in [1.82, 2.24) is 0 Å². The van der Waals surface area contributed by atoms with E-state index in [0.29, 0.717) is 0 Å². The van der Waals surface area contributed by atoms with Gasteiger partial charge in [0, 0.05) is 18.9 Å². The Balaban J connectivity index is 2.41. The first kappa shape index (κ1) is 12.0. The molecule has 0 N–H and O–H groups in total. The number of rotatable bonds is 4. The van der Waals surface area contributed by atoms with Crippen LogP contribution in [0, 0.1) is 0 Å². The summed E-state index contributed by atoms with van der Waals surface area (Å²) in [6, 6.07) is 0. The molecular formula is C9H11F3O3. The Bertz CT molecular complexity index is 256. The van der Waals surface area contributed by atoms with Crippen LogP contribution in [0.15, 0.2) is 12.7 Å². The van der Waals surface area contributed by atoms with Gasteiger partial charge in [-0.3, -0.25) is 0 Å². The molecule has 1 atom stereocenters. The number of alkyl halides is 3. The Morgan fingerprint density at radius 2 is 2.20 bits per heavy atom.